The monoisotopic (exact) mass is 401 g/mol. The summed E-state index contributed by atoms with van der Waals surface area (Å²) in [6, 6.07) is 19.0. The number of hydrogen-bond donors (Lipinski definition) is 2. The Morgan fingerprint density at radius 2 is 1.72 bits per heavy atom. The standard InChI is InChI=1S/C22H22F2N2O3/c1-15(19-8-5-13-28-19)25-14-20(27)26-21(16-6-3-2-4-7-16)17-9-11-18(12-10-17)29-22(23)24/h2-13,15,21-22,25H,14H2,1H3,(H,26,27)/p+1/t15-,21+/m0/s1. The average Bonchev–Trinajstić information content (AvgIpc) is 3.26. The molecule has 3 N–H and O–H groups in total. The molecule has 29 heavy (non-hydrogen) atoms. The molecule has 3 rings (SSSR count). The third-order valence-electron chi connectivity index (χ3n) is 4.53. The molecule has 0 saturated heterocycles. The largest absolute Gasteiger partial charge is 0.463 e. The van der Waals surface area contributed by atoms with E-state index in [9.17, 15) is 13.6 Å². The van der Waals surface area contributed by atoms with Crippen LogP contribution in [0.25, 0.3) is 0 Å². The first-order valence-corrected chi connectivity index (χ1v) is 9.28. The van der Waals surface area contributed by atoms with Crippen molar-refractivity contribution in [2.75, 3.05) is 6.54 Å². The number of carbonyl (C=O) groups is 1. The number of nitrogens with two attached hydrogens (primary N) is 1. The summed E-state index contributed by atoms with van der Waals surface area (Å²) in [7, 11) is 0. The van der Waals surface area contributed by atoms with Gasteiger partial charge in [-0.3, -0.25) is 4.79 Å². The molecule has 2 atom stereocenters. The molecule has 0 fully saturated rings. The Labute approximate surface area is 167 Å². The van der Waals surface area contributed by atoms with Crippen molar-refractivity contribution in [1.82, 2.24) is 5.32 Å². The van der Waals surface area contributed by atoms with Crippen LogP contribution in [0.3, 0.4) is 0 Å². The van der Waals surface area contributed by atoms with Crippen LogP contribution in [0.15, 0.2) is 77.4 Å². The van der Waals surface area contributed by atoms with Gasteiger partial charge >= 0.3 is 6.61 Å². The highest BCUT2D eigenvalue weighted by Gasteiger charge is 2.20. The molecule has 1 amide bonds. The third kappa shape index (κ3) is 5.89. The molecule has 1 aromatic heterocycles. The van der Waals surface area contributed by atoms with Gasteiger partial charge in [-0.15, -0.1) is 0 Å². The summed E-state index contributed by atoms with van der Waals surface area (Å²) in [5.41, 5.74) is 1.66. The molecule has 5 nitrogen and oxygen atoms in total. The number of alkyl halides is 2. The van der Waals surface area contributed by atoms with Crippen LogP contribution in [0.1, 0.15) is 35.9 Å². The van der Waals surface area contributed by atoms with E-state index in [-0.39, 0.29) is 24.2 Å². The fourth-order valence-corrected chi connectivity index (χ4v) is 3.02. The van der Waals surface area contributed by atoms with Gasteiger partial charge in [0.05, 0.1) is 12.3 Å². The van der Waals surface area contributed by atoms with Crippen LogP contribution in [-0.2, 0) is 4.79 Å². The van der Waals surface area contributed by atoms with Crippen molar-refractivity contribution >= 4 is 5.91 Å². The lowest BCUT2D eigenvalue weighted by Gasteiger charge is -2.20. The first-order chi connectivity index (χ1) is 14.0. The summed E-state index contributed by atoms with van der Waals surface area (Å²) in [4.78, 5) is 12.6. The average molecular weight is 401 g/mol. The molecule has 0 aliphatic heterocycles. The van der Waals surface area contributed by atoms with Gasteiger partial charge in [0.25, 0.3) is 5.91 Å². The topological polar surface area (TPSA) is 68.1 Å². The van der Waals surface area contributed by atoms with Gasteiger partial charge in [-0.05, 0) is 42.3 Å². The van der Waals surface area contributed by atoms with E-state index in [0.29, 0.717) is 0 Å². The van der Waals surface area contributed by atoms with E-state index < -0.39 is 12.7 Å². The highest BCUT2D eigenvalue weighted by molar-refractivity contribution is 5.77. The van der Waals surface area contributed by atoms with Crippen molar-refractivity contribution in [1.29, 1.82) is 0 Å². The van der Waals surface area contributed by atoms with Crippen molar-refractivity contribution in [3.63, 3.8) is 0 Å². The van der Waals surface area contributed by atoms with E-state index in [1.54, 1.807) is 18.4 Å². The fourth-order valence-electron chi connectivity index (χ4n) is 3.02. The maximum Gasteiger partial charge on any atom is 0.387 e. The number of hydrogen-bond acceptors (Lipinski definition) is 3. The lowest BCUT2D eigenvalue weighted by atomic mass is 9.98. The molecule has 2 aromatic carbocycles. The van der Waals surface area contributed by atoms with E-state index in [0.717, 1.165) is 16.9 Å². The van der Waals surface area contributed by atoms with Gasteiger partial charge in [-0.1, -0.05) is 42.5 Å². The van der Waals surface area contributed by atoms with Crippen LogP contribution in [0.4, 0.5) is 8.78 Å². The number of rotatable bonds is 9. The van der Waals surface area contributed by atoms with Crippen LogP contribution >= 0.6 is 0 Å². The Bertz CT molecular complexity index is 884. The SMILES string of the molecule is C[C@H]([NH2+]CC(=O)N[C@H](c1ccccc1)c1ccc(OC(F)F)cc1)c1ccco1. The van der Waals surface area contributed by atoms with Crippen LogP contribution in [-0.4, -0.2) is 19.1 Å². The van der Waals surface area contributed by atoms with Crippen molar-refractivity contribution in [3.05, 3.63) is 89.9 Å². The number of benzene rings is 2. The Hall–Kier alpha value is -3.19. The third-order valence-corrected chi connectivity index (χ3v) is 4.53. The maximum atomic E-state index is 12.6. The Balaban J connectivity index is 1.70. The molecule has 0 radical (unpaired) electrons. The summed E-state index contributed by atoms with van der Waals surface area (Å²) in [6.45, 7) is -0.697. The van der Waals surface area contributed by atoms with Gasteiger partial charge in [-0.2, -0.15) is 8.78 Å². The number of ether oxygens (including phenoxy) is 1. The molecule has 0 aliphatic rings. The van der Waals surface area contributed by atoms with Crippen LogP contribution < -0.4 is 15.4 Å². The molecule has 0 unspecified atom stereocenters. The van der Waals surface area contributed by atoms with Crippen molar-refractivity contribution in [2.45, 2.75) is 25.6 Å². The minimum atomic E-state index is -2.88. The molecule has 1 heterocycles. The summed E-state index contributed by atoms with van der Waals surface area (Å²) in [5, 5.41) is 4.91. The molecule has 0 bridgehead atoms. The zero-order valence-electron chi connectivity index (χ0n) is 15.9. The van der Waals surface area contributed by atoms with Gasteiger partial charge in [0.15, 0.2) is 12.3 Å². The predicted octanol–water partition coefficient (Wildman–Crippen LogP) is 3.41. The van der Waals surface area contributed by atoms with Gasteiger partial charge in [-0.25, -0.2) is 0 Å². The number of furan rings is 1. The number of quaternary nitrogens is 1. The highest BCUT2D eigenvalue weighted by atomic mass is 19.3. The molecule has 0 spiro atoms. The molecule has 7 heteroatoms. The molecule has 3 aromatic rings. The first kappa shape index (κ1) is 20.5. The van der Waals surface area contributed by atoms with Gasteiger partial charge < -0.3 is 19.8 Å². The first-order valence-electron chi connectivity index (χ1n) is 9.28. The van der Waals surface area contributed by atoms with Crippen molar-refractivity contribution < 1.29 is 28.0 Å². The molecule has 0 saturated carbocycles. The number of nitrogens with one attached hydrogen (secondary N) is 1. The fraction of sp³-hybridized carbons (Fsp3) is 0.227. The van der Waals surface area contributed by atoms with E-state index in [2.05, 4.69) is 10.1 Å². The second-order valence-corrected chi connectivity index (χ2v) is 6.60. The summed E-state index contributed by atoms with van der Waals surface area (Å²) in [5.74, 6) is 0.722. The Kier molecular flexibility index (Phi) is 6.97. The summed E-state index contributed by atoms with van der Waals surface area (Å²) in [6.07, 6.45) is 1.60. The minimum Gasteiger partial charge on any atom is -0.463 e. The van der Waals surface area contributed by atoms with Crippen LogP contribution in [0.5, 0.6) is 5.75 Å². The number of halogens is 2. The quantitative estimate of drug-likeness (QED) is 0.577. The summed E-state index contributed by atoms with van der Waals surface area (Å²) >= 11 is 0. The van der Waals surface area contributed by atoms with Crippen LogP contribution in [0.2, 0.25) is 0 Å². The van der Waals surface area contributed by atoms with E-state index >= 15 is 0 Å². The number of amides is 1. The van der Waals surface area contributed by atoms with E-state index in [4.69, 9.17) is 4.42 Å². The minimum absolute atomic E-state index is 0.0108. The zero-order valence-corrected chi connectivity index (χ0v) is 15.9. The molecule has 0 aliphatic carbocycles. The van der Waals surface area contributed by atoms with Gasteiger partial charge in [0, 0.05) is 0 Å². The second kappa shape index (κ2) is 9.84. The highest BCUT2D eigenvalue weighted by Crippen LogP contribution is 2.24. The molecular formula is C22H23F2N2O3+. The predicted molar refractivity (Wildman–Crippen MR) is 103 cm³/mol. The van der Waals surface area contributed by atoms with Gasteiger partial charge in [0.2, 0.25) is 0 Å². The van der Waals surface area contributed by atoms with E-state index in [1.165, 1.54) is 12.1 Å². The number of carbonyl (C=O) groups excluding carboxylic acids is 1. The Morgan fingerprint density at radius 3 is 2.34 bits per heavy atom. The molecular weight excluding hydrogens is 378 g/mol. The summed E-state index contributed by atoms with van der Waals surface area (Å²) < 4.78 is 34.5. The second-order valence-electron chi connectivity index (χ2n) is 6.60. The lowest BCUT2D eigenvalue weighted by Crippen LogP contribution is -2.87. The maximum absolute atomic E-state index is 12.6. The van der Waals surface area contributed by atoms with Crippen molar-refractivity contribution in [3.8, 4) is 5.75 Å². The van der Waals surface area contributed by atoms with Gasteiger partial charge in [0.1, 0.15) is 11.8 Å². The van der Waals surface area contributed by atoms with E-state index in [1.807, 2.05) is 54.7 Å². The lowest BCUT2D eigenvalue weighted by molar-refractivity contribution is -0.684. The normalized spacial score (nSPS) is 13.1. The van der Waals surface area contributed by atoms with Crippen molar-refractivity contribution in [2.24, 2.45) is 0 Å². The van der Waals surface area contributed by atoms with Crippen LogP contribution in [0, 0.1) is 0 Å². The Morgan fingerprint density at radius 1 is 1.03 bits per heavy atom. The smallest absolute Gasteiger partial charge is 0.387 e. The zero-order chi connectivity index (χ0) is 20.6. The molecule has 152 valence electrons.